The molecule has 0 aliphatic carbocycles. The monoisotopic (exact) mass is 349 g/mol. The summed E-state index contributed by atoms with van der Waals surface area (Å²) >= 11 is 0. The predicted octanol–water partition coefficient (Wildman–Crippen LogP) is 4.44. The molecule has 134 valence electrons. The Morgan fingerprint density at radius 1 is 1.00 bits per heavy atom. The summed E-state index contributed by atoms with van der Waals surface area (Å²) in [6.07, 6.45) is -3.54. The first-order valence-corrected chi connectivity index (χ1v) is 8.43. The van der Waals surface area contributed by atoms with Crippen molar-refractivity contribution in [1.29, 1.82) is 0 Å². The minimum Gasteiger partial charge on any atom is -0.385 e. The first-order valence-electron chi connectivity index (χ1n) is 8.43. The van der Waals surface area contributed by atoms with Crippen LogP contribution in [0, 0.1) is 5.92 Å². The van der Waals surface area contributed by atoms with Gasteiger partial charge in [-0.1, -0.05) is 42.5 Å². The Hall–Kier alpha value is -1.85. The van der Waals surface area contributed by atoms with Crippen LogP contribution >= 0.6 is 0 Å². The minimum atomic E-state index is -4.36. The zero-order valence-corrected chi connectivity index (χ0v) is 14.1. The number of halogens is 3. The predicted molar refractivity (Wildman–Crippen MR) is 90.8 cm³/mol. The van der Waals surface area contributed by atoms with E-state index in [0.29, 0.717) is 5.56 Å². The molecule has 2 nitrogen and oxygen atoms in total. The lowest BCUT2D eigenvalue weighted by Gasteiger charge is -2.31. The van der Waals surface area contributed by atoms with Gasteiger partial charge in [0.05, 0.1) is 11.2 Å². The van der Waals surface area contributed by atoms with Crippen LogP contribution in [0.15, 0.2) is 54.6 Å². The molecule has 0 bridgehead atoms. The summed E-state index contributed by atoms with van der Waals surface area (Å²) in [5, 5.41) is 11.0. The average Bonchev–Trinajstić information content (AvgIpc) is 3.04. The zero-order chi connectivity index (χ0) is 18.1. The third-order valence-corrected chi connectivity index (χ3v) is 5.11. The highest BCUT2D eigenvalue weighted by molar-refractivity contribution is 5.29. The molecule has 0 unspecified atom stereocenters. The standard InChI is InChI=1S/C20H22F3NO/c1-19(25,16-7-9-17(10-8-16)20(21,22)23)18-11-12-24(14-18)13-15-5-3-2-4-6-15/h2-10,18,25H,11-14H2,1H3/t18-,19-/m0/s1. The highest BCUT2D eigenvalue weighted by atomic mass is 19.4. The first-order chi connectivity index (χ1) is 11.8. The molecule has 1 N–H and O–H groups in total. The first kappa shape index (κ1) is 18.0. The zero-order valence-electron chi connectivity index (χ0n) is 14.1. The third kappa shape index (κ3) is 4.05. The van der Waals surface area contributed by atoms with Gasteiger partial charge in [0.2, 0.25) is 0 Å². The number of benzene rings is 2. The molecule has 5 heteroatoms. The van der Waals surface area contributed by atoms with Gasteiger partial charge in [-0.3, -0.25) is 4.90 Å². The van der Waals surface area contributed by atoms with Crippen LogP contribution in [-0.2, 0) is 18.3 Å². The van der Waals surface area contributed by atoms with Crippen LogP contribution in [0.2, 0.25) is 0 Å². The van der Waals surface area contributed by atoms with E-state index in [-0.39, 0.29) is 5.92 Å². The number of likely N-dealkylation sites (tertiary alicyclic amines) is 1. The lowest BCUT2D eigenvalue weighted by molar-refractivity contribution is -0.137. The van der Waals surface area contributed by atoms with Crippen molar-refractivity contribution in [2.75, 3.05) is 13.1 Å². The molecular weight excluding hydrogens is 327 g/mol. The lowest BCUT2D eigenvalue weighted by atomic mass is 9.82. The molecule has 1 aliphatic heterocycles. The summed E-state index contributed by atoms with van der Waals surface area (Å²) in [6, 6.07) is 15.0. The van der Waals surface area contributed by atoms with Gasteiger partial charge in [-0.15, -0.1) is 0 Å². The summed E-state index contributed by atoms with van der Waals surface area (Å²) < 4.78 is 38.1. The van der Waals surface area contributed by atoms with Crippen LogP contribution in [-0.4, -0.2) is 23.1 Å². The smallest absolute Gasteiger partial charge is 0.385 e. The summed E-state index contributed by atoms with van der Waals surface area (Å²) in [6.45, 7) is 4.12. The maximum Gasteiger partial charge on any atom is 0.416 e. The molecule has 0 spiro atoms. The van der Waals surface area contributed by atoms with E-state index in [0.717, 1.165) is 38.2 Å². The largest absolute Gasteiger partial charge is 0.416 e. The van der Waals surface area contributed by atoms with E-state index in [4.69, 9.17) is 0 Å². The topological polar surface area (TPSA) is 23.5 Å². The SMILES string of the molecule is C[C@](O)(c1ccc(C(F)(F)F)cc1)[C@H]1CCN(Cc2ccccc2)C1. The van der Waals surface area contributed by atoms with Gasteiger partial charge in [-0.25, -0.2) is 0 Å². The number of rotatable bonds is 4. The Bertz CT molecular complexity index is 695. The summed E-state index contributed by atoms with van der Waals surface area (Å²) in [4.78, 5) is 2.28. The van der Waals surface area contributed by atoms with Crippen molar-refractivity contribution in [2.24, 2.45) is 5.92 Å². The van der Waals surface area contributed by atoms with E-state index in [1.165, 1.54) is 17.7 Å². The van der Waals surface area contributed by atoms with Crippen molar-refractivity contribution in [2.45, 2.75) is 31.7 Å². The molecule has 1 saturated heterocycles. The highest BCUT2D eigenvalue weighted by Crippen LogP contribution is 2.37. The van der Waals surface area contributed by atoms with E-state index in [1.807, 2.05) is 18.2 Å². The third-order valence-electron chi connectivity index (χ3n) is 5.11. The van der Waals surface area contributed by atoms with Crippen LogP contribution in [0.5, 0.6) is 0 Å². The summed E-state index contributed by atoms with van der Waals surface area (Å²) in [7, 11) is 0. The number of aliphatic hydroxyl groups is 1. The normalized spacial score (nSPS) is 21.2. The van der Waals surface area contributed by atoms with Gasteiger partial charge in [0.15, 0.2) is 0 Å². The average molecular weight is 349 g/mol. The van der Waals surface area contributed by atoms with Gasteiger partial charge < -0.3 is 5.11 Å². The van der Waals surface area contributed by atoms with Crippen molar-refractivity contribution in [3.63, 3.8) is 0 Å². The van der Waals surface area contributed by atoms with E-state index < -0.39 is 17.3 Å². The minimum absolute atomic E-state index is 0.00653. The fourth-order valence-corrected chi connectivity index (χ4v) is 3.51. The van der Waals surface area contributed by atoms with Crippen molar-refractivity contribution in [1.82, 2.24) is 4.90 Å². The van der Waals surface area contributed by atoms with E-state index in [2.05, 4.69) is 17.0 Å². The fourth-order valence-electron chi connectivity index (χ4n) is 3.51. The molecule has 0 radical (unpaired) electrons. The second-order valence-corrected chi connectivity index (χ2v) is 6.93. The molecule has 1 aliphatic rings. The van der Waals surface area contributed by atoms with Crippen LogP contribution in [0.1, 0.15) is 30.0 Å². The fraction of sp³-hybridized carbons (Fsp3) is 0.400. The van der Waals surface area contributed by atoms with Crippen molar-refractivity contribution in [3.05, 3.63) is 71.3 Å². The van der Waals surface area contributed by atoms with E-state index in [9.17, 15) is 18.3 Å². The Balaban J connectivity index is 1.68. The molecule has 2 atom stereocenters. The maximum atomic E-state index is 12.7. The Morgan fingerprint density at radius 2 is 1.60 bits per heavy atom. The van der Waals surface area contributed by atoms with Gasteiger partial charge in [0.1, 0.15) is 0 Å². The van der Waals surface area contributed by atoms with Crippen LogP contribution in [0.4, 0.5) is 13.2 Å². The van der Waals surface area contributed by atoms with Gasteiger partial charge >= 0.3 is 6.18 Å². The number of nitrogens with zero attached hydrogens (tertiary/aromatic N) is 1. The van der Waals surface area contributed by atoms with Crippen molar-refractivity contribution in [3.8, 4) is 0 Å². The number of hydrogen-bond donors (Lipinski definition) is 1. The van der Waals surface area contributed by atoms with E-state index >= 15 is 0 Å². The van der Waals surface area contributed by atoms with Crippen molar-refractivity contribution < 1.29 is 18.3 Å². The molecule has 0 amide bonds. The quantitative estimate of drug-likeness (QED) is 0.882. The Kier molecular flexibility index (Phi) is 4.89. The van der Waals surface area contributed by atoms with Gasteiger partial charge in [-0.2, -0.15) is 13.2 Å². The Labute approximate surface area is 145 Å². The van der Waals surface area contributed by atoms with Crippen LogP contribution in [0.25, 0.3) is 0 Å². The number of alkyl halides is 3. The molecule has 2 aromatic carbocycles. The van der Waals surface area contributed by atoms with Gasteiger partial charge in [0, 0.05) is 19.0 Å². The second-order valence-electron chi connectivity index (χ2n) is 6.93. The van der Waals surface area contributed by atoms with Crippen LogP contribution in [0.3, 0.4) is 0 Å². The molecule has 1 fully saturated rings. The van der Waals surface area contributed by atoms with Crippen LogP contribution < -0.4 is 0 Å². The van der Waals surface area contributed by atoms with Crippen molar-refractivity contribution >= 4 is 0 Å². The van der Waals surface area contributed by atoms with Gasteiger partial charge in [0.25, 0.3) is 0 Å². The molecule has 2 aromatic rings. The highest BCUT2D eigenvalue weighted by Gasteiger charge is 2.39. The molecule has 0 aromatic heterocycles. The van der Waals surface area contributed by atoms with Gasteiger partial charge in [-0.05, 0) is 43.1 Å². The second kappa shape index (κ2) is 6.81. The molecule has 25 heavy (non-hydrogen) atoms. The molecule has 0 saturated carbocycles. The molecular formula is C20H22F3NO. The molecule has 3 rings (SSSR count). The summed E-state index contributed by atoms with van der Waals surface area (Å²) in [5.74, 6) is -0.00653. The maximum absolute atomic E-state index is 12.7. The summed E-state index contributed by atoms with van der Waals surface area (Å²) in [5.41, 5.74) is -0.0798. The lowest BCUT2D eigenvalue weighted by Crippen LogP contribution is -2.34. The Morgan fingerprint density at radius 3 is 2.20 bits per heavy atom. The molecule has 1 heterocycles. The number of hydrogen-bond acceptors (Lipinski definition) is 2. The van der Waals surface area contributed by atoms with E-state index in [1.54, 1.807) is 6.92 Å².